The summed E-state index contributed by atoms with van der Waals surface area (Å²) in [7, 11) is 3.89. The molecule has 0 radical (unpaired) electrons. The SMILES string of the molecule is Cc1c(C)c2c(c(C)c1OC(C)(C)C(=O)OCCN(C)C)CCC(C)(C)O2. The van der Waals surface area contributed by atoms with Crippen molar-refractivity contribution in [3.63, 3.8) is 0 Å². The van der Waals surface area contributed by atoms with Crippen molar-refractivity contribution in [2.45, 2.75) is 72.5 Å². The van der Waals surface area contributed by atoms with Gasteiger partial charge in [-0.2, -0.15) is 0 Å². The van der Waals surface area contributed by atoms with Gasteiger partial charge in [-0.05, 0) is 92.1 Å². The van der Waals surface area contributed by atoms with Crippen LogP contribution < -0.4 is 9.47 Å². The van der Waals surface area contributed by atoms with Gasteiger partial charge in [0.25, 0.3) is 0 Å². The number of esters is 1. The molecule has 1 aliphatic heterocycles. The molecule has 0 atom stereocenters. The summed E-state index contributed by atoms with van der Waals surface area (Å²) >= 11 is 0. The third-order valence-corrected chi connectivity index (χ3v) is 5.29. The summed E-state index contributed by atoms with van der Waals surface area (Å²) < 4.78 is 17.9. The maximum Gasteiger partial charge on any atom is 0.349 e. The van der Waals surface area contributed by atoms with E-state index in [1.165, 1.54) is 5.56 Å². The van der Waals surface area contributed by atoms with Crippen molar-refractivity contribution in [1.29, 1.82) is 0 Å². The highest BCUT2D eigenvalue weighted by Gasteiger charge is 2.36. The van der Waals surface area contributed by atoms with E-state index in [4.69, 9.17) is 14.2 Å². The fraction of sp³-hybridized carbons (Fsp3) is 0.682. The monoisotopic (exact) mass is 377 g/mol. The minimum atomic E-state index is -1.06. The summed E-state index contributed by atoms with van der Waals surface area (Å²) in [6.45, 7) is 14.9. The molecule has 1 aromatic carbocycles. The quantitative estimate of drug-likeness (QED) is 0.702. The molecule has 1 aliphatic rings. The lowest BCUT2D eigenvalue weighted by molar-refractivity contribution is -0.159. The Bertz CT molecular complexity index is 720. The lowest BCUT2D eigenvalue weighted by Crippen LogP contribution is -2.41. The summed E-state index contributed by atoms with van der Waals surface area (Å²) in [5, 5.41) is 0. The summed E-state index contributed by atoms with van der Waals surface area (Å²) in [6.07, 6.45) is 1.90. The average molecular weight is 378 g/mol. The topological polar surface area (TPSA) is 48.0 Å². The Morgan fingerprint density at radius 3 is 2.37 bits per heavy atom. The van der Waals surface area contributed by atoms with Crippen LogP contribution in [0.4, 0.5) is 0 Å². The van der Waals surface area contributed by atoms with Crippen LogP contribution in [0.1, 0.15) is 56.4 Å². The molecule has 0 spiro atoms. The third kappa shape index (κ3) is 4.75. The largest absolute Gasteiger partial charge is 0.487 e. The van der Waals surface area contributed by atoms with Crippen molar-refractivity contribution in [3.8, 4) is 11.5 Å². The predicted molar refractivity (Wildman–Crippen MR) is 108 cm³/mol. The van der Waals surface area contributed by atoms with Crippen molar-refractivity contribution >= 4 is 5.97 Å². The van der Waals surface area contributed by atoms with Gasteiger partial charge in [0.15, 0.2) is 5.60 Å². The van der Waals surface area contributed by atoms with Gasteiger partial charge in [0.2, 0.25) is 0 Å². The first-order valence-electron chi connectivity index (χ1n) is 9.68. The molecular weight excluding hydrogens is 342 g/mol. The maximum absolute atomic E-state index is 12.5. The zero-order chi connectivity index (χ0) is 20.6. The lowest BCUT2D eigenvalue weighted by atomic mass is 9.88. The number of nitrogens with zero attached hydrogens (tertiary/aromatic N) is 1. The smallest absolute Gasteiger partial charge is 0.349 e. The van der Waals surface area contributed by atoms with Crippen LogP contribution in [0.15, 0.2) is 0 Å². The molecule has 0 saturated heterocycles. The fourth-order valence-corrected chi connectivity index (χ4v) is 3.29. The second-order valence-electron chi connectivity index (χ2n) is 8.93. The maximum atomic E-state index is 12.5. The minimum absolute atomic E-state index is 0.158. The first-order valence-corrected chi connectivity index (χ1v) is 9.68. The Kier molecular flexibility index (Phi) is 6.15. The van der Waals surface area contributed by atoms with E-state index in [0.717, 1.165) is 41.0 Å². The van der Waals surface area contributed by atoms with E-state index >= 15 is 0 Å². The number of rotatable bonds is 6. The highest BCUT2D eigenvalue weighted by atomic mass is 16.6. The minimum Gasteiger partial charge on any atom is -0.487 e. The molecule has 27 heavy (non-hydrogen) atoms. The number of carbonyl (C=O) groups is 1. The van der Waals surface area contributed by atoms with E-state index in [2.05, 4.69) is 27.7 Å². The number of benzene rings is 1. The van der Waals surface area contributed by atoms with Gasteiger partial charge in [-0.3, -0.25) is 0 Å². The molecule has 0 saturated carbocycles. The molecule has 0 unspecified atom stereocenters. The Morgan fingerprint density at radius 1 is 1.15 bits per heavy atom. The third-order valence-electron chi connectivity index (χ3n) is 5.29. The number of carbonyl (C=O) groups excluding carboxylic acids is 1. The van der Waals surface area contributed by atoms with Crippen molar-refractivity contribution in [3.05, 3.63) is 22.3 Å². The van der Waals surface area contributed by atoms with Crippen molar-refractivity contribution in [2.24, 2.45) is 0 Å². The molecule has 0 fully saturated rings. The lowest BCUT2D eigenvalue weighted by Gasteiger charge is -2.36. The number of ether oxygens (including phenoxy) is 3. The highest BCUT2D eigenvalue weighted by molar-refractivity contribution is 5.79. The van der Waals surface area contributed by atoms with Gasteiger partial charge in [0, 0.05) is 12.1 Å². The van der Waals surface area contributed by atoms with Crippen molar-refractivity contribution in [1.82, 2.24) is 4.90 Å². The Morgan fingerprint density at radius 2 is 1.78 bits per heavy atom. The van der Waals surface area contributed by atoms with Crippen LogP contribution in [0.2, 0.25) is 0 Å². The van der Waals surface area contributed by atoms with Crippen LogP contribution in [0.3, 0.4) is 0 Å². The van der Waals surface area contributed by atoms with Gasteiger partial charge in [-0.1, -0.05) is 0 Å². The zero-order valence-electron chi connectivity index (χ0n) is 18.4. The number of hydrogen-bond donors (Lipinski definition) is 0. The Labute approximate surface area is 164 Å². The summed E-state index contributed by atoms with van der Waals surface area (Å²) in [4.78, 5) is 14.5. The van der Waals surface area contributed by atoms with E-state index in [9.17, 15) is 4.79 Å². The first-order chi connectivity index (χ1) is 12.4. The summed E-state index contributed by atoms with van der Waals surface area (Å²) in [6, 6.07) is 0. The molecule has 5 heteroatoms. The molecule has 0 aliphatic carbocycles. The van der Waals surface area contributed by atoms with Crippen LogP contribution >= 0.6 is 0 Å². The van der Waals surface area contributed by atoms with E-state index < -0.39 is 5.60 Å². The molecular formula is C22H35NO4. The van der Waals surface area contributed by atoms with Gasteiger partial charge >= 0.3 is 5.97 Å². The van der Waals surface area contributed by atoms with E-state index in [1.807, 2.05) is 25.9 Å². The Hall–Kier alpha value is -1.75. The number of hydrogen-bond acceptors (Lipinski definition) is 5. The molecule has 0 N–H and O–H groups in total. The van der Waals surface area contributed by atoms with E-state index in [0.29, 0.717) is 13.2 Å². The molecule has 152 valence electrons. The van der Waals surface area contributed by atoms with Crippen LogP contribution in [0, 0.1) is 20.8 Å². The second-order valence-corrected chi connectivity index (χ2v) is 8.93. The standard InChI is InChI=1S/C22H35NO4/c1-14-15(2)19-17(10-11-21(4,5)26-19)16(3)18(14)27-22(6,7)20(24)25-13-12-23(8)9/h10-13H2,1-9H3. The Balaban J connectivity index is 2.29. The van der Waals surface area contributed by atoms with Crippen LogP contribution in [0.25, 0.3) is 0 Å². The zero-order valence-corrected chi connectivity index (χ0v) is 18.4. The molecule has 2 rings (SSSR count). The highest BCUT2D eigenvalue weighted by Crippen LogP contribution is 2.44. The molecule has 5 nitrogen and oxygen atoms in total. The summed E-state index contributed by atoms with van der Waals surface area (Å²) in [5.74, 6) is 1.39. The van der Waals surface area contributed by atoms with E-state index in [1.54, 1.807) is 13.8 Å². The van der Waals surface area contributed by atoms with Gasteiger partial charge in [-0.15, -0.1) is 0 Å². The van der Waals surface area contributed by atoms with Crippen LogP contribution in [0.5, 0.6) is 11.5 Å². The second kappa shape index (κ2) is 7.70. The predicted octanol–water partition coefficient (Wildman–Crippen LogP) is 3.98. The van der Waals surface area contributed by atoms with Gasteiger partial charge in [-0.25, -0.2) is 4.79 Å². The van der Waals surface area contributed by atoms with Crippen molar-refractivity contribution in [2.75, 3.05) is 27.2 Å². The molecule has 0 amide bonds. The average Bonchev–Trinajstić information content (AvgIpc) is 2.55. The normalized spacial score (nSPS) is 15.9. The van der Waals surface area contributed by atoms with Crippen LogP contribution in [-0.2, 0) is 16.0 Å². The molecule has 1 heterocycles. The van der Waals surface area contributed by atoms with Crippen LogP contribution in [-0.4, -0.2) is 49.3 Å². The van der Waals surface area contributed by atoms with Gasteiger partial charge in [0.1, 0.15) is 23.7 Å². The first kappa shape index (κ1) is 21.5. The van der Waals surface area contributed by atoms with Gasteiger partial charge in [0.05, 0.1) is 0 Å². The number of fused-ring (bicyclic) bond motifs is 1. The molecule has 1 aromatic rings. The van der Waals surface area contributed by atoms with Gasteiger partial charge < -0.3 is 19.1 Å². The number of likely N-dealkylation sites (N-methyl/N-ethyl adjacent to an activating group) is 1. The van der Waals surface area contributed by atoms with E-state index in [-0.39, 0.29) is 11.6 Å². The fourth-order valence-electron chi connectivity index (χ4n) is 3.29. The summed E-state index contributed by atoms with van der Waals surface area (Å²) in [5.41, 5.74) is 3.11. The molecule has 0 bridgehead atoms. The molecule has 0 aromatic heterocycles. The van der Waals surface area contributed by atoms with Crippen molar-refractivity contribution < 1.29 is 19.0 Å².